The maximum absolute atomic E-state index is 12.7. The first-order valence-corrected chi connectivity index (χ1v) is 12.1. The van der Waals surface area contributed by atoms with Gasteiger partial charge in [-0.15, -0.1) is 0 Å². The highest BCUT2D eigenvalue weighted by molar-refractivity contribution is 6.73. The van der Waals surface area contributed by atoms with E-state index in [1.807, 2.05) is 44.2 Å². The average molecular weight is 378 g/mol. The molecule has 1 saturated heterocycles. The summed E-state index contributed by atoms with van der Waals surface area (Å²) in [4.78, 5) is 26.4. The number of carbonyl (C=O) groups is 2. The van der Waals surface area contributed by atoms with Gasteiger partial charge in [-0.25, -0.2) is 9.69 Å². The van der Waals surface area contributed by atoms with Gasteiger partial charge in [0.25, 0.3) is 5.91 Å². The standard InChI is InChI=1S/C20H31NO4Si/c1-6-26(7-2,8-3)25-18-17(15(4)5)21(19(18)22)20(23)24-14-16-12-10-9-11-13-16/h9-13,15,17-18H,6-8,14H2,1-5H3/t17-,18+/m0/s1. The van der Waals surface area contributed by atoms with Crippen molar-refractivity contribution < 1.29 is 18.8 Å². The molecular formula is C20H31NO4Si. The van der Waals surface area contributed by atoms with Crippen LogP contribution in [-0.4, -0.2) is 37.4 Å². The Morgan fingerprint density at radius 1 is 1.12 bits per heavy atom. The fourth-order valence-corrected chi connectivity index (χ4v) is 6.30. The summed E-state index contributed by atoms with van der Waals surface area (Å²) in [5.74, 6) is -0.131. The van der Waals surface area contributed by atoms with Crippen molar-refractivity contribution in [2.75, 3.05) is 0 Å². The van der Waals surface area contributed by atoms with Gasteiger partial charge in [-0.1, -0.05) is 65.0 Å². The molecule has 1 aliphatic heterocycles. The Labute approximate surface area is 157 Å². The third-order valence-corrected chi connectivity index (χ3v) is 10.1. The summed E-state index contributed by atoms with van der Waals surface area (Å²) in [6.45, 7) is 10.6. The zero-order valence-electron chi connectivity index (χ0n) is 16.5. The topological polar surface area (TPSA) is 55.8 Å². The molecule has 0 unspecified atom stereocenters. The van der Waals surface area contributed by atoms with Crippen LogP contribution in [0.3, 0.4) is 0 Å². The SMILES string of the molecule is CC[Si](CC)(CC)O[C@H]1C(=O)N(C(=O)OCc2ccccc2)[C@H]1C(C)C. The van der Waals surface area contributed by atoms with Crippen molar-refractivity contribution in [3.8, 4) is 0 Å². The van der Waals surface area contributed by atoms with Gasteiger partial charge >= 0.3 is 6.09 Å². The highest BCUT2D eigenvalue weighted by atomic mass is 28.4. The molecule has 1 aliphatic rings. The van der Waals surface area contributed by atoms with Crippen molar-refractivity contribution in [3.05, 3.63) is 35.9 Å². The molecule has 0 bridgehead atoms. The number of β-lactam (4-membered cyclic amide) rings is 1. The number of ether oxygens (including phenoxy) is 1. The molecular weight excluding hydrogens is 346 g/mol. The number of amides is 2. The zero-order valence-corrected chi connectivity index (χ0v) is 17.5. The number of benzene rings is 1. The molecule has 0 radical (unpaired) electrons. The van der Waals surface area contributed by atoms with Crippen molar-refractivity contribution in [3.63, 3.8) is 0 Å². The fraction of sp³-hybridized carbons (Fsp3) is 0.600. The van der Waals surface area contributed by atoms with Gasteiger partial charge < -0.3 is 9.16 Å². The fourth-order valence-electron chi connectivity index (χ4n) is 3.52. The third kappa shape index (κ3) is 4.18. The van der Waals surface area contributed by atoms with Crippen LogP contribution in [0.15, 0.2) is 30.3 Å². The Morgan fingerprint density at radius 2 is 1.69 bits per heavy atom. The van der Waals surface area contributed by atoms with Gasteiger partial charge in [0, 0.05) is 0 Å². The van der Waals surface area contributed by atoms with Crippen LogP contribution in [0.2, 0.25) is 18.1 Å². The molecule has 1 aromatic rings. The van der Waals surface area contributed by atoms with E-state index < -0.39 is 20.5 Å². The van der Waals surface area contributed by atoms with E-state index in [-0.39, 0.29) is 24.5 Å². The molecule has 0 N–H and O–H groups in total. The number of hydrogen-bond donors (Lipinski definition) is 0. The van der Waals surface area contributed by atoms with Gasteiger partial charge in [0.15, 0.2) is 8.32 Å². The second-order valence-corrected chi connectivity index (χ2v) is 12.0. The molecule has 5 nitrogen and oxygen atoms in total. The molecule has 6 heteroatoms. The molecule has 1 aromatic carbocycles. The first-order valence-electron chi connectivity index (χ1n) is 9.60. The van der Waals surface area contributed by atoms with E-state index in [0.29, 0.717) is 0 Å². The van der Waals surface area contributed by atoms with Crippen LogP contribution in [0.25, 0.3) is 0 Å². The Hall–Kier alpha value is -1.66. The number of rotatable bonds is 8. The normalized spacial score (nSPS) is 20.2. The number of hydrogen-bond acceptors (Lipinski definition) is 4. The molecule has 0 aromatic heterocycles. The average Bonchev–Trinajstić information content (AvgIpc) is 2.66. The van der Waals surface area contributed by atoms with E-state index in [9.17, 15) is 9.59 Å². The monoisotopic (exact) mass is 377 g/mol. The molecule has 1 heterocycles. The Morgan fingerprint density at radius 3 is 2.19 bits per heavy atom. The maximum atomic E-state index is 12.7. The lowest BCUT2D eigenvalue weighted by molar-refractivity contribution is -0.163. The zero-order chi connectivity index (χ0) is 19.3. The van der Waals surface area contributed by atoms with Crippen molar-refractivity contribution in [1.82, 2.24) is 4.90 Å². The van der Waals surface area contributed by atoms with Crippen molar-refractivity contribution in [2.24, 2.45) is 5.92 Å². The minimum Gasteiger partial charge on any atom is -0.444 e. The second-order valence-electron chi connectivity index (χ2n) is 7.27. The van der Waals surface area contributed by atoms with Crippen LogP contribution in [0.4, 0.5) is 4.79 Å². The summed E-state index contributed by atoms with van der Waals surface area (Å²) in [7, 11) is -1.91. The number of nitrogens with zero attached hydrogens (tertiary/aromatic N) is 1. The largest absolute Gasteiger partial charge is 0.444 e. The third-order valence-electron chi connectivity index (χ3n) is 5.48. The molecule has 0 spiro atoms. The quantitative estimate of drug-likeness (QED) is 0.491. The molecule has 1 fully saturated rings. The van der Waals surface area contributed by atoms with E-state index in [4.69, 9.17) is 9.16 Å². The maximum Gasteiger partial charge on any atom is 0.417 e. The summed E-state index contributed by atoms with van der Waals surface area (Å²) < 4.78 is 11.8. The van der Waals surface area contributed by atoms with Gasteiger partial charge in [-0.3, -0.25) is 4.79 Å². The van der Waals surface area contributed by atoms with E-state index in [2.05, 4.69) is 20.8 Å². The minimum absolute atomic E-state index is 0.124. The molecule has 0 aliphatic carbocycles. The van der Waals surface area contributed by atoms with Crippen molar-refractivity contribution in [1.29, 1.82) is 0 Å². The molecule has 0 saturated carbocycles. The Balaban J connectivity index is 2.05. The van der Waals surface area contributed by atoms with E-state index in [0.717, 1.165) is 23.7 Å². The van der Waals surface area contributed by atoms with Crippen LogP contribution >= 0.6 is 0 Å². The smallest absolute Gasteiger partial charge is 0.417 e. The van der Waals surface area contributed by atoms with Crippen LogP contribution in [0.5, 0.6) is 0 Å². The predicted octanol–water partition coefficient (Wildman–Crippen LogP) is 4.58. The van der Waals surface area contributed by atoms with Crippen LogP contribution < -0.4 is 0 Å². The van der Waals surface area contributed by atoms with Crippen molar-refractivity contribution in [2.45, 2.75) is 71.5 Å². The number of carbonyl (C=O) groups excluding carboxylic acids is 2. The molecule has 144 valence electrons. The van der Waals surface area contributed by atoms with Gasteiger partial charge in [-0.05, 0) is 29.6 Å². The number of likely N-dealkylation sites (tertiary alicyclic amines) is 1. The van der Waals surface area contributed by atoms with Gasteiger partial charge in [0.1, 0.15) is 12.7 Å². The first-order chi connectivity index (χ1) is 12.4. The highest BCUT2D eigenvalue weighted by Gasteiger charge is 2.55. The summed E-state index contributed by atoms with van der Waals surface area (Å²) in [6, 6.07) is 12.2. The van der Waals surface area contributed by atoms with Crippen LogP contribution in [-0.2, 0) is 20.6 Å². The van der Waals surface area contributed by atoms with E-state index in [1.54, 1.807) is 0 Å². The Kier molecular flexibility index (Phi) is 7.00. The molecule has 26 heavy (non-hydrogen) atoms. The van der Waals surface area contributed by atoms with Gasteiger partial charge in [0.2, 0.25) is 0 Å². The lowest BCUT2D eigenvalue weighted by Crippen LogP contribution is -2.71. The highest BCUT2D eigenvalue weighted by Crippen LogP contribution is 2.35. The predicted molar refractivity (Wildman–Crippen MR) is 104 cm³/mol. The summed E-state index contributed by atoms with van der Waals surface area (Å²) in [6.07, 6.45) is -1.08. The van der Waals surface area contributed by atoms with Gasteiger partial charge in [0.05, 0.1) is 6.04 Å². The first kappa shape index (κ1) is 20.6. The second kappa shape index (κ2) is 8.82. The van der Waals surface area contributed by atoms with Crippen molar-refractivity contribution >= 4 is 20.3 Å². The van der Waals surface area contributed by atoms with Crippen LogP contribution in [0.1, 0.15) is 40.2 Å². The molecule has 2 rings (SSSR count). The molecule has 2 amide bonds. The lowest BCUT2D eigenvalue weighted by Gasteiger charge is -2.49. The van der Waals surface area contributed by atoms with Gasteiger partial charge in [-0.2, -0.15) is 0 Å². The number of imide groups is 1. The summed E-state index contributed by atoms with van der Waals surface area (Å²) in [5.41, 5.74) is 0.900. The van der Waals surface area contributed by atoms with Crippen LogP contribution in [0, 0.1) is 5.92 Å². The lowest BCUT2D eigenvalue weighted by atomic mass is 9.89. The van der Waals surface area contributed by atoms with E-state index in [1.165, 1.54) is 4.90 Å². The van der Waals surface area contributed by atoms with E-state index >= 15 is 0 Å². The summed E-state index contributed by atoms with van der Waals surface area (Å²) in [5, 5.41) is 0. The summed E-state index contributed by atoms with van der Waals surface area (Å²) >= 11 is 0. The Bertz CT molecular complexity index is 607. The minimum atomic E-state index is -1.91. The molecule has 2 atom stereocenters.